The minimum Gasteiger partial charge on any atom is -1.00 e. The molecule has 0 radical (unpaired) electrons. The van der Waals surface area contributed by atoms with E-state index in [1.54, 1.807) is 0 Å². The van der Waals surface area contributed by atoms with E-state index in [9.17, 15) is 38.4 Å². The van der Waals surface area contributed by atoms with Crippen molar-refractivity contribution in [1.82, 2.24) is 20.4 Å². The quantitative estimate of drug-likeness (QED) is 0.0483. The van der Waals surface area contributed by atoms with Crippen molar-refractivity contribution < 1.29 is 172 Å². The Kier molecular flexibility index (Phi) is 33.5. The van der Waals surface area contributed by atoms with E-state index < -0.39 is 105 Å². The minimum atomic E-state index is -1.59. The third-order valence-corrected chi connectivity index (χ3v) is 4.50. The Balaban J connectivity index is -0.0000000926. The first-order valence-electron chi connectivity index (χ1n) is 11.0. The smallest absolute Gasteiger partial charge is 1.00 e. The molecule has 0 spiro atoms. The number of nitrogens with zero attached hydrogens (tertiary/aromatic N) is 2. The van der Waals surface area contributed by atoms with Crippen molar-refractivity contribution >= 4 is 47.8 Å². The molecule has 10 N–H and O–H groups in total. The Labute approximate surface area is 315 Å². The summed E-state index contributed by atoms with van der Waals surface area (Å²) in [4.78, 5) is 86.9. The predicted octanol–water partition coefficient (Wildman–Crippen LogP) is -12.7. The van der Waals surface area contributed by atoms with E-state index in [1.807, 2.05) is 0 Å². The molecule has 23 heteroatoms. The first-order valence-corrected chi connectivity index (χ1v) is 11.0. The molecule has 0 amide bonds. The van der Waals surface area contributed by atoms with Crippen LogP contribution < -0.4 is 99.3 Å². The van der Waals surface area contributed by atoms with E-state index in [0.717, 1.165) is 9.80 Å². The van der Waals surface area contributed by atoms with E-state index in [4.69, 9.17) is 40.9 Å². The summed E-state index contributed by atoms with van der Waals surface area (Å²) < 4.78 is 0. The molecule has 0 aliphatic rings. The molecular weight excluding hydrogens is 621 g/mol. The molecule has 0 aliphatic heterocycles. The first kappa shape index (κ1) is 51.2. The SMILES string of the molecule is O=C(O)CN(CCN(CC(=O)O)CC(=O)O)CC(=O)O.O=C(O)CNCC(CC(=O)O)(CC(=O)O)NCC(=O)O.[H-].[H-].[H-].[Na+].[Na+].[Na+]. The Hall–Kier alpha value is -1.40. The van der Waals surface area contributed by atoms with Crippen molar-refractivity contribution in [3.8, 4) is 0 Å². The van der Waals surface area contributed by atoms with Gasteiger partial charge in [-0.3, -0.25) is 53.5 Å². The van der Waals surface area contributed by atoms with Crippen LogP contribution in [0.25, 0.3) is 0 Å². The molecule has 0 fully saturated rings. The molecule has 0 saturated heterocycles. The van der Waals surface area contributed by atoms with Gasteiger partial charge in [0.05, 0.1) is 57.6 Å². The van der Waals surface area contributed by atoms with Gasteiger partial charge in [-0.25, -0.2) is 0 Å². The van der Waals surface area contributed by atoms with Crippen LogP contribution in [0.3, 0.4) is 0 Å². The Morgan fingerprint density at radius 2 is 0.791 bits per heavy atom. The van der Waals surface area contributed by atoms with Gasteiger partial charge < -0.3 is 50.4 Å². The second-order valence-electron chi connectivity index (χ2n) is 8.16. The summed E-state index contributed by atoms with van der Waals surface area (Å²) in [5.74, 6) is -10.1. The molecule has 0 heterocycles. The van der Waals surface area contributed by atoms with Crippen LogP contribution in [0, 0.1) is 0 Å². The average Bonchev–Trinajstić information content (AvgIpc) is 2.73. The van der Waals surface area contributed by atoms with Gasteiger partial charge in [0.1, 0.15) is 0 Å². The molecule has 0 rings (SSSR count). The summed E-state index contributed by atoms with van der Waals surface area (Å²) >= 11 is 0. The number of hydrogen-bond acceptors (Lipinski definition) is 12. The van der Waals surface area contributed by atoms with E-state index in [0.29, 0.717) is 0 Å². The fraction of sp³-hybridized carbons (Fsp3) is 0.600. The molecule has 0 aromatic carbocycles. The second kappa shape index (κ2) is 28.1. The van der Waals surface area contributed by atoms with Crippen molar-refractivity contribution in [2.75, 3.05) is 58.9 Å². The average molecular weight is 656 g/mol. The van der Waals surface area contributed by atoms with Crippen molar-refractivity contribution in [1.29, 1.82) is 0 Å². The van der Waals surface area contributed by atoms with E-state index in [2.05, 4.69) is 10.6 Å². The third kappa shape index (κ3) is 33.3. The summed E-state index contributed by atoms with van der Waals surface area (Å²) in [6.07, 6.45) is -1.33. The monoisotopic (exact) mass is 656 g/mol. The molecule has 20 nitrogen and oxygen atoms in total. The molecule has 0 aromatic rings. The summed E-state index contributed by atoms with van der Waals surface area (Å²) in [5.41, 5.74) is -1.59. The zero-order valence-electron chi connectivity index (χ0n) is 27.0. The molecule has 0 unspecified atom stereocenters. The maximum Gasteiger partial charge on any atom is 1.00 e. The maximum atomic E-state index is 10.8. The largest absolute Gasteiger partial charge is 1.00 e. The number of hydrogen-bond donors (Lipinski definition) is 10. The maximum absolute atomic E-state index is 10.8. The van der Waals surface area contributed by atoms with Crippen molar-refractivity contribution in [3.05, 3.63) is 0 Å². The number of rotatable bonds is 22. The number of carboxylic acid groups (broad SMARTS) is 8. The van der Waals surface area contributed by atoms with Gasteiger partial charge in [0.2, 0.25) is 0 Å². The van der Waals surface area contributed by atoms with Crippen LogP contribution in [0.4, 0.5) is 0 Å². The molecule has 43 heavy (non-hydrogen) atoms. The van der Waals surface area contributed by atoms with Gasteiger partial charge >= 0.3 is 136 Å². The van der Waals surface area contributed by atoms with Crippen LogP contribution in [0.5, 0.6) is 0 Å². The van der Waals surface area contributed by atoms with E-state index >= 15 is 0 Å². The Morgan fingerprint density at radius 1 is 0.488 bits per heavy atom. The summed E-state index contributed by atoms with van der Waals surface area (Å²) in [5, 5.41) is 73.9. The zero-order chi connectivity index (χ0) is 31.5. The second-order valence-corrected chi connectivity index (χ2v) is 8.16. The summed E-state index contributed by atoms with van der Waals surface area (Å²) in [6, 6.07) is 0. The van der Waals surface area contributed by atoms with Crippen LogP contribution in [0.15, 0.2) is 0 Å². The molecule has 0 aliphatic carbocycles. The van der Waals surface area contributed by atoms with Gasteiger partial charge in [-0.1, -0.05) is 0 Å². The molecular formula is C20H35N4Na3O16. The summed E-state index contributed by atoms with van der Waals surface area (Å²) in [6.45, 7) is -3.71. The van der Waals surface area contributed by atoms with Crippen LogP contribution >= 0.6 is 0 Å². The van der Waals surface area contributed by atoms with Crippen LogP contribution in [-0.4, -0.2) is 163 Å². The zero-order valence-corrected chi connectivity index (χ0v) is 30.0. The van der Waals surface area contributed by atoms with Crippen LogP contribution in [-0.2, 0) is 38.4 Å². The topological polar surface area (TPSA) is 329 Å². The normalized spacial score (nSPS) is 10.1. The number of carbonyl (C=O) groups is 8. The van der Waals surface area contributed by atoms with Gasteiger partial charge in [-0.15, -0.1) is 0 Å². The van der Waals surface area contributed by atoms with Crippen molar-refractivity contribution in [2.24, 2.45) is 0 Å². The minimum absolute atomic E-state index is 0. The molecule has 0 atom stereocenters. The molecule has 234 valence electrons. The first-order chi connectivity index (χ1) is 18.4. The Morgan fingerprint density at radius 3 is 1.02 bits per heavy atom. The summed E-state index contributed by atoms with van der Waals surface area (Å²) in [7, 11) is 0. The fourth-order valence-electron chi connectivity index (χ4n) is 3.10. The fourth-order valence-corrected chi connectivity index (χ4v) is 3.10. The van der Waals surface area contributed by atoms with E-state index in [-0.39, 0.29) is 113 Å². The predicted molar refractivity (Wildman–Crippen MR) is 130 cm³/mol. The van der Waals surface area contributed by atoms with Crippen molar-refractivity contribution in [2.45, 2.75) is 18.4 Å². The van der Waals surface area contributed by atoms with Crippen LogP contribution in [0.1, 0.15) is 17.1 Å². The number of carboxylic acids is 8. The van der Waals surface area contributed by atoms with Gasteiger partial charge in [0, 0.05) is 19.6 Å². The standard InChI is InChI=1S/2C10H16N2O8.3Na.3H/c13-6(14)1-10(2-7(15)16,12-4-9(19)20)5-11-3-8(17)18;13-7(14)3-11(4-8(15)16)1-2-12(5-9(17)18)6-10(19)20;;;;;;/h11-12H,1-5H2,(H,13,14)(H,15,16)(H,17,18)(H,19,20);1-6H2,(H,13,14)(H,15,16)(H,17,18)(H,19,20);;;;;;/q;;3*+1;3*-1. The Bertz CT molecular complexity index is 872. The van der Waals surface area contributed by atoms with E-state index in [1.165, 1.54) is 0 Å². The van der Waals surface area contributed by atoms with Gasteiger partial charge in [-0.2, -0.15) is 0 Å². The van der Waals surface area contributed by atoms with Gasteiger partial charge in [0.25, 0.3) is 0 Å². The van der Waals surface area contributed by atoms with Crippen LogP contribution in [0.2, 0.25) is 0 Å². The third-order valence-electron chi connectivity index (χ3n) is 4.50. The van der Waals surface area contributed by atoms with Crippen molar-refractivity contribution in [3.63, 3.8) is 0 Å². The number of nitrogens with one attached hydrogen (secondary N) is 2. The molecule has 0 bridgehead atoms. The molecule has 0 saturated carbocycles. The van der Waals surface area contributed by atoms with Gasteiger partial charge in [0.15, 0.2) is 0 Å². The molecule has 0 aromatic heterocycles. The number of aliphatic carboxylic acids is 8. The van der Waals surface area contributed by atoms with Gasteiger partial charge in [-0.05, 0) is 0 Å².